The van der Waals surface area contributed by atoms with Crippen molar-refractivity contribution in [3.8, 4) is 0 Å². The van der Waals surface area contributed by atoms with Gasteiger partial charge < -0.3 is 14.4 Å². The second-order valence-electron chi connectivity index (χ2n) is 7.38. The Bertz CT molecular complexity index is 716. The SMILES string of the molecule is CN(C)c1ccc(C(=O)N2CCC3(CC2)Cc2nccn2C3)cc1. The van der Waals surface area contributed by atoms with Crippen LogP contribution in [0.5, 0.6) is 0 Å². The van der Waals surface area contributed by atoms with E-state index < -0.39 is 0 Å². The van der Waals surface area contributed by atoms with Gasteiger partial charge in [-0.05, 0) is 42.5 Å². The number of carbonyl (C=O) groups excluding carboxylic acids is 1. The molecule has 0 unspecified atom stereocenters. The van der Waals surface area contributed by atoms with Crippen molar-refractivity contribution in [1.82, 2.24) is 14.5 Å². The molecule has 0 N–H and O–H groups in total. The molecule has 2 aliphatic heterocycles. The van der Waals surface area contributed by atoms with E-state index in [1.807, 2.05) is 54.4 Å². The summed E-state index contributed by atoms with van der Waals surface area (Å²) in [4.78, 5) is 21.3. The van der Waals surface area contributed by atoms with Gasteiger partial charge >= 0.3 is 0 Å². The van der Waals surface area contributed by atoms with Gasteiger partial charge in [-0.25, -0.2) is 4.98 Å². The van der Waals surface area contributed by atoms with Gasteiger partial charge in [0.25, 0.3) is 5.91 Å². The lowest BCUT2D eigenvalue weighted by atomic mass is 9.77. The zero-order chi connectivity index (χ0) is 16.7. The number of carbonyl (C=O) groups is 1. The molecule has 1 aromatic heterocycles. The molecule has 1 fully saturated rings. The van der Waals surface area contributed by atoms with Crippen molar-refractivity contribution >= 4 is 11.6 Å². The summed E-state index contributed by atoms with van der Waals surface area (Å²) < 4.78 is 2.28. The molecule has 0 radical (unpaired) electrons. The topological polar surface area (TPSA) is 41.4 Å². The average molecular weight is 324 g/mol. The van der Waals surface area contributed by atoms with Gasteiger partial charge in [0.05, 0.1) is 0 Å². The Morgan fingerprint density at radius 3 is 2.50 bits per heavy atom. The minimum absolute atomic E-state index is 0.158. The molecule has 5 heteroatoms. The monoisotopic (exact) mass is 324 g/mol. The van der Waals surface area contributed by atoms with Crippen LogP contribution in [0.4, 0.5) is 5.69 Å². The number of likely N-dealkylation sites (tertiary alicyclic amines) is 1. The summed E-state index contributed by atoms with van der Waals surface area (Å²) in [6, 6.07) is 7.89. The van der Waals surface area contributed by atoms with Crippen LogP contribution < -0.4 is 4.90 Å². The van der Waals surface area contributed by atoms with Crippen molar-refractivity contribution in [1.29, 1.82) is 0 Å². The number of nitrogens with zero attached hydrogens (tertiary/aromatic N) is 4. The first kappa shape index (κ1) is 15.2. The van der Waals surface area contributed by atoms with Crippen LogP contribution in [0.2, 0.25) is 0 Å². The van der Waals surface area contributed by atoms with Crippen LogP contribution in [-0.2, 0) is 13.0 Å². The fraction of sp³-hybridized carbons (Fsp3) is 0.474. The van der Waals surface area contributed by atoms with E-state index in [4.69, 9.17) is 0 Å². The number of hydrogen-bond donors (Lipinski definition) is 0. The molecular formula is C19H24N4O. The average Bonchev–Trinajstić information content (AvgIpc) is 3.14. The first-order valence-electron chi connectivity index (χ1n) is 8.63. The minimum Gasteiger partial charge on any atom is -0.378 e. The number of hydrogen-bond acceptors (Lipinski definition) is 3. The Hall–Kier alpha value is -2.30. The molecule has 5 nitrogen and oxygen atoms in total. The summed E-state index contributed by atoms with van der Waals surface area (Å²) in [6.45, 7) is 2.75. The fourth-order valence-electron chi connectivity index (χ4n) is 4.01. The number of fused-ring (bicyclic) bond motifs is 1. The van der Waals surface area contributed by atoms with Gasteiger partial charge in [-0.3, -0.25) is 4.79 Å². The maximum atomic E-state index is 12.7. The summed E-state index contributed by atoms with van der Waals surface area (Å²) in [5, 5.41) is 0. The van der Waals surface area contributed by atoms with Crippen LogP contribution in [0.15, 0.2) is 36.7 Å². The van der Waals surface area contributed by atoms with E-state index in [-0.39, 0.29) is 5.91 Å². The van der Waals surface area contributed by atoms with Crippen LogP contribution >= 0.6 is 0 Å². The summed E-state index contributed by atoms with van der Waals surface area (Å²) in [5.74, 6) is 1.36. The van der Waals surface area contributed by atoms with E-state index in [0.29, 0.717) is 5.41 Å². The van der Waals surface area contributed by atoms with Crippen molar-refractivity contribution in [2.45, 2.75) is 25.8 Å². The van der Waals surface area contributed by atoms with Gasteiger partial charge in [0, 0.05) is 63.8 Å². The van der Waals surface area contributed by atoms with Gasteiger partial charge in [0.1, 0.15) is 5.82 Å². The van der Waals surface area contributed by atoms with Gasteiger partial charge in [0.2, 0.25) is 0 Å². The zero-order valence-electron chi connectivity index (χ0n) is 14.4. The third kappa shape index (κ3) is 2.58. The van der Waals surface area contributed by atoms with Crippen molar-refractivity contribution in [3.63, 3.8) is 0 Å². The molecule has 1 spiro atoms. The Morgan fingerprint density at radius 2 is 1.88 bits per heavy atom. The molecule has 1 saturated heterocycles. The summed E-state index contributed by atoms with van der Waals surface area (Å²) in [6.07, 6.45) is 7.15. The quantitative estimate of drug-likeness (QED) is 0.852. The lowest BCUT2D eigenvalue weighted by molar-refractivity contribution is 0.0576. The Balaban J connectivity index is 1.40. The van der Waals surface area contributed by atoms with Gasteiger partial charge in [-0.15, -0.1) is 0 Å². The van der Waals surface area contributed by atoms with Crippen molar-refractivity contribution in [3.05, 3.63) is 48.0 Å². The van der Waals surface area contributed by atoms with Crippen LogP contribution in [0.1, 0.15) is 29.0 Å². The molecule has 2 aliphatic rings. The number of aromatic nitrogens is 2. The van der Waals surface area contributed by atoms with Crippen LogP contribution in [0.25, 0.3) is 0 Å². The van der Waals surface area contributed by atoms with Gasteiger partial charge in [-0.1, -0.05) is 0 Å². The van der Waals surface area contributed by atoms with E-state index in [1.165, 1.54) is 5.82 Å². The maximum Gasteiger partial charge on any atom is 0.253 e. The highest BCUT2D eigenvalue weighted by Crippen LogP contribution is 2.41. The van der Waals surface area contributed by atoms with Crippen LogP contribution in [0.3, 0.4) is 0 Å². The standard InChI is InChI=1S/C19H24N4O/c1-21(2)16-5-3-15(4-6-16)18(24)22-10-7-19(8-11-22)13-17-20-9-12-23(17)14-19/h3-6,9,12H,7-8,10-11,13-14H2,1-2H3. The number of rotatable bonds is 2. The molecule has 0 saturated carbocycles. The molecule has 24 heavy (non-hydrogen) atoms. The molecule has 1 amide bonds. The lowest BCUT2D eigenvalue weighted by Gasteiger charge is -2.39. The molecule has 0 bridgehead atoms. The second kappa shape index (κ2) is 5.65. The van der Waals surface area contributed by atoms with Gasteiger partial charge in [-0.2, -0.15) is 0 Å². The molecule has 2 aromatic rings. The smallest absolute Gasteiger partial charge is 0.253 e. The molecule has 0 atom stereocenters. The first-order valence-corrected chi connectivity index (χ1v) is 8.63. The predicted molar refractivity (Wildman–Crippen MR) is 94.3 cm³/mol. The first-order chi connectivity index (χ1) is 11.6. The van der Waals surface area contributed by atoms with E-state index in [1.54, 1.807) is 0 Å². The van der Waals surface area contributed by atoms with E-state index in [9.17, 15) is 4.79 Å². The van der Waals surface area contributed by atoms with Gasteiger partial charge in [0.15, 0.2) is 0 Å². The summed E-state index contributed by atoms with van der Waals surface area (Å²) in [7, 11) is 4.01. The van der Waals surface area contributed by atoms with E-state index in [2.05, 4.69) is 15.7 Å². The predicted octanol–water partition coefficient (Wildman–Crippen LogP) is 2.43. The molecule has 4 rings (SSSR count). The van der Waals surface area contributed by atoms with Crippen molar-refractivity contribution in [2.24, 2.45) is 5.41 Å². The third-order valence-corrected chi connectivity index (χ3v) is 5.58. The maximum absolute atomic E-state index is 12.7. The molecule has 0 aliphatic carbocycles. The largest absolute Gasteiger partial charge is 0.378 e. The van der Waals surface area contributed by atoms with Crippen LogP contribution in [0, 0.1) is 5.41 Å². The Kier molecular flexibility index (Phi) is 3.59. The summed E-state index contributed by atoms with van der Waals surface area (Å²) >= 11 is 0. The third-order valence-electron chi connectivity index (χ3n) is 5.58. The highest BCUT2D eigenvalue weighted by Gasteiger charge is 2.41. The number of anilines is 1. The van der Waals surface area contributed by atoms with Crippen molar-refractivity contribution < 1.29 is 4.79 Å². The fourth-order valence-corrected chi connectivity index (χ4v) is 4.01. The zero-order valence-corrected chi connectivity index (χ0v) is 14.4. The van der Waals surface area contributed by atoms with Crippen LogP contribution in [-0.4, -0.2) is 47.5 Å². The van der Waals surface area contributed by atoms with E-state index in [0.717, 1.165) is 50.1 Å². The molecular weight excluding hydrogens is 300 g/mol. The number of amides is 1. The second-order valence-corrected chi connectivity index (χ2v) is 7.38. The number of imidazole rings is 1. The molecule has 126 valence electrons. The molecule has 1 aromatic carbocycles. The van der Waals surface area contributed by atoms with E-state index >= 15 is 0 Å². The molecule has 3 heterocycles. The summed E-state index contributed by atoms with van der Waals surface area (Å²) in [5.41, 5.74) is 2.22. The lowest BCUT2D eigenvalue weighted by Crippen LogP contribution is -2.43. The Labute approximate surface area is 142 Å². The normalized spacial score (nSPS) is 18.7. The number of piperidine rings is 1. The minimum atomic E-state index is 0.158. The highest BCUT2D eigenvalue weighted by atomic mass is 16.2. The highest BCUT2D eigenvalue weighted by molar-refractivity contribution is 5.94. The number of benzene rings is 1. The van der Waals surface area contributed by atoms with Crippen molar-refractivity contribution in [2.75, 3.05) is 32.1 Å². The Morgan fingerprint density at radius 1 is 1.17 bits per heavy atom.